The van der Waals surface area contributed by atoms with Crippen LogP contribution >= 0.6 is 0 Å². The Morgan fingerprint density at radius 2 is 1.86 bits per heavy atom. The molecular formula is C33H45N5O4. The van der Waals surface area contributed by atoms with E-state index in [0.717, 1.165) is 55.5 Å². The highest BCUT2D eigenvalue weighted by Gasteiger charge is 2.31. The van der Waals surface area contributed by atoms with E-state index in [-0.39, 0.29) is 24.2 Å². The van der Waals surface area contributed by atoms with Gasteiger partial charge in [-0.25, -0.2) is 0 Å². The number of piperidine rings is 1. The fourth-order valence-electron chi connectivity index (χ4n) is 5.67. The molecule has 3 aromatic rings. The molecule has 9 nitrogen and oxygen atoms in total. The average molecular weight is 576 g/mol. The summed E-state index contributed by atoms with van der Waals surface area (Å²) in [6.07, 6.45) is 4.72. The van der Waals surface area contributed by atoms with E-state index in [2.05, 4.69) is 22.7 Å². The summed E-state index contributed by atoms with van der Waals surface area (Å²) in [4.78, 5) is 29.1. The van der Waals surface area contributed by atoms with Crippen molar-refractivity contribution < 1.29 is 19.4 Å². The zero-order valence-electron chi connectivity index (χ0n) is 25.1. The minimum Gasteiger partial charge on any atom is -0.497 e. The molecule has 3 atom stereocenters. The lowest BCUT2D eigenvalue weighted by Crippen LogP contribution is -2.48. The number of likely N-dealkylation sites (tertiary alicyclic amines) is 1. The zero-order valence-corrected chi connectivity index (χ0v) is 25.1. The van der Waals surface area contributed by atoms with Crippen LogP contribution in [0.4, 0.5) is 0 Å². The Balaban J connectivity index is 1.47. The summed E-state index contributed by atoms with van der Waals surface area (Å²) in [5.74, 6) is 0.298. The number of aromatic nitrogens is 2. The Labute approximate surface area is 249 Å². The number of nitrogens with zero attached hydrogens (tertiary/aromatic N) is 3. The number of rotatable bonds is 14. The van der Waals surface area contributed by atoms with Crippen molar-refractivity contribution >= 4 is 11.8 Å². The van der Waals surface area contributed by atoms with E-state index in [0.29, 0.717) is 25.2 Å². The van der Waals surface area contributed by atoms with Crippen LogP contribution in [-0.4, -0.2) is 70.0 Å². The maximum atomic E-state index is 13.6. The number of amides is 2. The summed E-state index contributed by atoms with van der Waals surface area (Å²) in [5, 5.41) is 22.0. The van der Waals surface area contributed by atoms with Gasteiger partial charge in [-0.15, -0.1) is 0 Å². The lowest BCUT2D eigenvalue weighted by Gasteiger charge is -2.35. The number of aryl methyl sites for hydroxylation is 1. The van der Waals surface area contributed by atoms with Crippen LogP contribution in [0.25, 0.3) is 0 Å². The van der Waals surface area contributed by atoms with Crippen LogP contribution in [0.1, 0.15) is 78.1 Å². The lowest BCUT2D eigenvalue weighted by atomic mass is 9.98. The first-order valence-electron chi connectivity index (χ1n) is 15.2. The normalized spacial score (nSPS) is 16.6. The first-order valence-corrected chi connectivity index (χ1v) is 15.2. The molecule has 2 heterocycles. The molecule has 4 rings (SSSR count). The number of hydrogen-bond donors (Lipinski definition) is 3. The molecule has 1 saturated heterocycles. The Kier molecular flexibility index (Phi) is 11.5. The van der Waals surface area contributed by atoms with Gasteiger partial charge in [0, 0.05) is 38.3 Å². The minimum atomic E-state index is -0.864. The zero-order chi connectivity index (χ0) is 29.9. The van der Waals surface area contributed by atoms with Crippen LogP contribution in [-0.2, 0) is 19.5 Å². The monoisotopic (exact) mass is 575 g/mol. The van der Waals surface area contributed by atoms with Gasteiger partial charge in [0.15, 0.2) is 5.69 Å². The molecule has 3 N–H and O–H groups in total. The molecule has 1 aliphatic rings. The molecule has 2 aromatic carbocycles. The highest BCUT2D eigenvalue weighted by molar-refractivity contribution is 5.98. The summed E-state index contributed by atoms with van der Waals surface area (Å²) >= 11 is 0. The molecule has 42 heavy (non-hydrogen) atoms. The van der Waals surface area contributed by atoms with Crippen LogP contribution in [0.3, 0.4) is 0 Å². The van der Waals surface area contributed by atoms with Gasteiger partial charge in [0.25, 0.3) is 11.8 Å². The number of carbonyl (C=O) groups excluding carboxylic acids is 2. The maximum Gasteiger partial charge on any atom is 0.272 e. The topological polar surface area (TPSA) is 109 Å². The first kappa shape index (κ1) is 31.3. The third-order valence-electron chi connectivity index (χ3n) is 7.94. The van der Waals surface area contributed by atoms with E-state index < -0.39 is 18.1 Å². The summed E-state index contributed by atoms with van der Waals surface area (Å²) in [6, 6.07) is 18.8. The van der Waals surface area contributed by atoms with Gasteiger partial charge >= 0.3 is 0 Å². The SMILES string of the molecule is CCCC1CCCCN1C(=O)c1cc(C(=O)N[C@@H](Cc2ccccc2)[C@@H](O)CNCc2cccc(OC)c2)nn1CC. The molecule has 226 valence electrons. The van der Waals surface area contributed by atoms with Gasteiger partial charge in [-0.3, -0.25) is 14.3 Å². The highest BCUT2D eigenvalue weighted by atomic mass is 16.5. The predicted octanol–water partition coefficient (Wildman–Crippen LogP) is 4.20. The van der Waals surface area contributed by atoms with Crippen LogP contribution < -0.4 is 15.4 Å². The Bertz CT molecular complexity index is 1290. The quantitative estimate of drug-likeness (QED) is 0.266. The average Bonchev–Trinajstić information content (AvgIpc) is 3.46. The van der Waals surface area contributed by atoms with Gasteiger partial charge in [-0.2, -0.15) is 5.10 Å². The molecule has 9 heteroatoms. The van der Waals surface area contributed by atoms with E-state index in [1.807, 2.05) is 66.4 Å². The van der Waals surface area contributed by atoms with Crippen molar-refractivity contribution in [3.05, 3.63) is 83.2 Å². The third kappa shape index (κ3) is 8.20. The second-order valence-electron chi connectivity index (χ2n) is 11.0. The Morgan fingerprint density at radius 1 is 1.07 bits per heavy atom. The second kappa shape index (κ2) is 15.5. The molecule has 0 saturated carbocycles. The van der Waals surface area contributed by atoms with Gasteiger partial charge in [0.05, 0.1) is 19.3 Å². The van der Waals surface area contributed by atoms with Crippen LogP contribution in [0, 0.1) is 0 Å². The van der Waals surface area contributed by atoms with Gasteiger partial charge in [-0.1, -0.05) is 55.8 Å². The predicted molar refractivity (Wildman–Crippen MR) is 164 cm³/mol. The smallest absolute Gasteiger partial charge is 0.272 e. The number of aliphatic hydroxyl groups excluding tert-OH is 1. The third-order valence-corrected chi connectivity index (χ3v) is 7.94. The van der Waals surface area contributed by atoms with E-state index in [1.54, 1.807) is 17.9 Å². The van der Waals surface area contributed by atoms with Gasteiger partial charge in [-0.05, 0) is 62.3 Å². The number of carbonyl (C=O) groups is 2. The molecule has 0 bridgehead atoms. The van der Waals surface area contributed by atoms with E-state index in [9.17, 15) is 14.7 Å². The first-order chi connectivity index (χ1) is 20.4. The van der Waals surface area contributed by atoms with Crippen molar-refractivity contribution in [1.82, 2.24) is 25.3 Å². The molecule has 0 aliphatic carbocycles. The van der Waals surface area contributed by atoms with E-state index in [4.69, 9.17) is 4.74 Å². The van der Waals surface area contributed by atoms with Crippen molar-refractivity contribution in [2.45, 2.75) is 83.6 Å². The summed E-state index contributed by atoms with van der Waals surface area (Å²) in [5.41, 5.74) is 2.64. The molecule has 1 fully saturated rings. The number of methoxy groups -OCH3 is 1. The van der Waals surface area contributed by atoms with Crippen molar-refractivity contribution in [2.75, 3.05) is 20.2 Å². The Hall–Kier alpha value is -3.69. The molecular weight excluding hydrogens is 530 g/mol. The maximum absolute atomic E-state index is 13.6. The van der Waals surface area contributed by atoms with Crippen molar-refractivity contribution in [3.63, 3.8) is 0 Å². The summed E-state index contributed by atoms with van der Waals surface area (Å²) in [6.45, 7) is 6.09. The summed E-state index contributed by atoms with van der Waals surface area (Å²) < 4.78 is 6.92. The van der Waals surface area contributed by atoms with Gasteiger partial charge in [0.1, 0.15) is 11.4 Å². The van der Waals surface area contributed by atoms with Crippen LogP contribution in [0.5, 0.6) is 5.75 Å². The van der Waals surface area contributed by atoms with E-state index in [1.165, 1.54) is 0 Å². The number of benzene rings is 2. The largest absolute Gasteiger partial charge is 0.497 e. The number of nitrogens with one attached hydrogen (secondary N) is 2. The molecule has 1 aliphatic heterocycles. The molecule has 0 radical (unpaired) electrons. The van der Waals surface area contributed by atoms with Crippen molar-refractivity contribution in [3.8, 4) is 5.75 Å². The standard InChI is InChI=1S/C33H45N5O4/c1-4-12-26-16-9-10-18-37(26)33(41)30-21-29(36-38(30)5-2)32(40)35-28(20-24-13-7-6-8-14-24)31(39)23-34-22-25-15-11-17-27(19-25)42-3/h6-8,11,13-15,17,19,21,26,28,31,34,39H,4-5,9-10,12,16,18,20,22-23H2,1-3H3,(H,35,40)/t26?,28-,31-/m0/s1. The minimum absolute atomic E-state index is 0.0656. The number of aliphatic hydroxyl groups is 1. The molecule has 1 unspecified atom stereocenters. The second-order valence-corrected chi connectivity index (χ2v) is 11.0. The van der Waals surface area contributed by atoms with Crippen LogP contribution in [0.15, 0.2) is 60.7 Å². The van der Waals surface area contributed by atoms with Crippen molar-refractivity contribution in [1.29, 1.82) is 0 Å². The van der Waals surface area contributed by atoms with Crippen molar-refractivity contribution in [2.24, 2.45) is 0 Å². The molecule has 1 aromatic heterocycles. The molecule has 0 spiro atoms. The summed E-state index contributed by atoms with van der Waals surface area (Å²) in [7, 11) is 1.63. The number of ether oxygens (including phenoxy) is 1. The van der Waals surface area contributed by atoms with Gasteiger partial charge < -0.3 is 25.4 Å². The van der Waals surface area contributed by atoms with E-state index >= 15 is 0 Å². The fourth-order valence-corrected chi connectivity index (χ4v) is 5.67. The van der Waals surface area contributed by atoms with Gasteiger partial charge in [0.2, 0.25) is 0 Å². The molecule has 2 amide bonds. The number of hydrogen-bond acceptors (Lipinski definition) is 6. The fraction of sp³-hybridized carbons (Fsp3) is 0.485. The lowest BCUT2D eigenvalue weighted by molar-refractivity contribution is 0.0588. The Morgan fingerprint density at radius 3 is 2.60 bits per heavy atom. The highest BCUT2D eigenvalue weighted by Crippen LogP contribution is 2.23. The van der Waals surface area contributed by atoms with Crippen LogP contribution in [0.2, 0.25) is 0 Å².